The van der Waals surface area contributed by atoms with Crippen LogP contribution in [0.15, 0.2) is 0 Å². The summed E-state index contributed by atoms with van der Waals surface area (Å²) in [6, 6.07) is -3.24. The van der Waals surface area contributed by atoms with Gasteiger partial charge in [-0.3, -0.25) is 19.2 Å². The lowest BCUT2D eigenvalue weighted by atomic mass is 10.0. The minimum absolute atomic E-state index is 0.0718. The van der Waals surface area contributed by atoms with Gasteiger partial charge in [0.1, 0.15) is 24.2 Å². The van der Waals surface area contributed by atoms with Crippen LogP contribution >= 0.6 is 11.8 Å². The first kappa shape index (κ1) is 36.4. The third-order valence-electron chi connectivity index (χ3n) is 3.40. The molecule has 0 amide bonds. The largest absolute Gasteiger partial charge is 0.480 e. The lowest BCUT2D eigenvalue weighted by Gasteiger charge is -2.11. The van der Waals surface area contributed by atoms with E-state index in [1.54, 1.807) is 11.8 Å². The van der Waals surface area contributed by atoms with E-state index in [1.165, 1.54) is 6.92 Å². The van der Waals surface area contributed by atoms with Gasteiger partial charge >= 0.3 is 23.9 Å². The molecule has 14 heteroatoms. The maximum absolute atomic E-state index is 10.2. The summed E-state index contributed by atoms with van der Waals surface area (Å²) in [5.74, 6) is -3.08. The van der Waals surface area contributed by atoms with E-state index in [4.69, 9.17) is 48.5 Å². The molecule has 0 radical (unpaired) electrons. The summed E-state index contributed by atoms with van der Waals surface area (Å²) >= 11 is 1.60. The zero-order chi connectivity index (χ0) is 25.7. The third-order valence-corrected chi connectivity index (χ3v) is 4.04. The van der Waals surface area contributed by atoms with Crippen LogP contribution in [0.3, 0.4) is 0 Å². The monoisotopic (exact) mass is 474 g/mol. The summed E-state index contributed by atoms with van der Waals surface area (Å²) in [5.41, 5.74) is 20.1. The number of carboxylic acids is 4. The Morgan fingerprint density at radius 2 is 1.19 bits per heavy atom. The van der Waals surface area contributed by atoms with Crippen LogP contribution in [0.4, 0.5) is 0 Å². The molecular formula is C17H38N4O9S. The quantitative estimate of drug-likeness (QED) is 0.172. The average Bonchev–Trinajstić information content (AvgIpc) is 2.70. The molecule has 0 aliphatic carbocycles. The van der Waals surface area contributed by atoms with Gasteiger partial charge in [-0.1, -0.05) is 20.3 Å². The second-order valence-corrected chi connectivity index (χ2v) is 7.22. The van der Waals surface area contributed by atoms with Crippen LogP contribution in [0.25, 0.3) is 0 Å². The predicted octanol–water partition coefficient (Wildman–Crippen LogP) is -1.60. The first-order valence-corrected chi connectivity index (χ1v) is 10.5. The van der Waals surface area contributed by atoms with E-state index in [1.807, 2.05) is 20.1 Å². The molecule has 0 saturated carbocycles. The zero-order valence-corrected chi connectivity index (χ0v) is 19.1. The predicted molar refractivity (Wildman–Crippen MR) is 118 cm³/mol. The second-order valence-electron chi connectivity index (χ2n) is 6.23. The second kappa shape index (κ2) is 22.7. The van der Waals surface area contributed by atoms with Gasteiger partial charge in [0.15, 0.2) is 0 Å². The Morgan fingerprint density at radius 3 is 1.32 bits per heavy atom. The molecule has 0 saturated heterocycles. The summed E-state index contributed by atoms with van der Waals surface area (Å²) in [6.07, 6.45) is 3.29. The molecule has 0 spiro atoms. The molecule has 13 nitrogen and oxygen atoms in total. The molecule has 0 aliphatic heterocycles. The number of carbonyl (C=O) groups is 4. The molecule has 0 aromatic heterocycles. The van der Waals surface area contributed by atoms with Gasteiger partial charge < -0.3 is 48.5 Å². The molecule has 0 fully saturated rings. The third kappa shape index (κ3) is 28.0. The van der Waals surface area contributed by atoms with Crippen LogP contribution in [0.1, 0.15) is 33.6 Å². The van der Waals surface area contributed by atoms with Crippen LogP contribution in [0.5, 0.6) is 0 Å². The van der Waals surface area contributed by atoms with Crippen LogP contribution in [-0.2, 0) is 19.2 Å². The fourth-order valence-electron chi connectivity index (χ4n) is 0.944. The number of aliphatic hydroxyl groups excluding tert-OH is 1. The summed E-state index contributed by atoms with van der Waals surface area (Å²) in [6.45, 7) is 4.67. The van der Waals surface area contributed by atoms with Gasteiger partial charge in [-0.05, 0) is 31.3 Å². The van der Waals surface area contributed by atoms with Crippen molar-refractivity contribution in [2.24, 2.45) is 28.9 Å². The van der Waals surface area contributed by atoms with Crippen molar-refractivity contribution in [2.75, 3.05) is 18.6 Å². The van der Waals surface area contributed by atoms with E-state index in [9.17, 15) is 19.2 Å². The van der Waals surface area contributed by atoms with Crippen LogP contribution in [0, 0.1) is 5.92 Å². The molecule has 0 rings (SSSR count). The van der Waals surface area contributed by atoms with E-state index in [2.05, 4.69) is 0 Å². The highest BCUT2D eigenvalue weighted by atomic mass is 32.2. The minimum Gasteiger partial charge on any atom is -0.480 e. The van der Waals surface area contributed by atoms with Crippen molar-refractivity contribution >= 4 is 35.6 Å². The van der Waals surface area contributed by atoms with Crippen molar-refractivity contribution in [3.63, 3.8) is 0 Å². The number of hydrogen-bond acceptors (Lipinski definition) is 10. The fourth-order valence-corrected chi connectivity index (χ4v) is 1.43. The fraction of sp³-hybridized carbons (Fsp3) is 0.765. The molecule has 0 unspecified atom stereocenters. The minimum atomic E-state index is -1.18. The topological polar surface area (TPSA) is 274 Å². The van der Waals surface area contributed by atoms with Gasteiger partial charge in [0.2, 0.25) is 0 Å². The van der Waals surface area contributed by atoms with Crippen molar-refractivity contribution in [3.8, 4) is 0 Å². The molecule has 31 heavy (non-hydrogen) atoms. The molecule has 0 bridgehead atoms. The Kier molecular flexibility index (Phi) is 26.7. The van der Waals surface area contributed by atoms with Crippen LogP contribution in [0.2, 0.25) is 0 Å². The lowest BCUT2D eigenvalue weighted by molar-refractivity contribution is -0.140. The van der Waals surface area contributed by atoms with E-state index in [0.29, 0.717) is 6.42 Å². The Bertz CT molecular complexity index is 510. The standard InChI is InChI=1S/C6H13NO2.C5H11NO2S.C3H7NO3.C3H7NO2/c1-3-4(2)5(7)6(8)9;1-9-3-2-4(6)5(7)8;4-2(1-5)3(6)7;1-2(4)3(5)6/h4-5H,3,7H2,1-2H3,(H,8,9);4H,2-3,6H2,1H3,(H,7,8);2,5H,1,4H2,(H,6,7);2H,4H2,1H3,(H,5,6)/t4-,5-;4-;2*2-/m0000/s1. The van der Waals surface area contributed by atoms with Gasteiger partial charge in [0.25, 0.3) is 0 Å². The van der Waals surface area contributed by atoms with Crippen LogP contribution < -0.4 is 22.9 Å². The van der Waals surface area contributed by atoms with Gasteiger partial charge in [0, 0.05) is 0 Å². The molecule has 0 heterocycles. The number of rotatable bonds is 10. The molecule has 0 aliphatic rings. The highest BCUT2D eigenvalue weighted by molar-refractivity contribution is 7.98. The number of thioether (sulfide) groups is 1. The number of aliphatic carboxylic acids is 4. The van der Waals surface area contributed by atoms with E-state index in [0.717, 1.165) is 12.2 Å². The highest BCUT2D eigenvalue weighted by Crippen LogP contribution is 2.04. The highest BCUT2D eigenvalue weighted by Gasteiger charge is 2.17. The lowest BCUT2D eigenvalue weighted by Crippen LogP contribution is -2.36. The summed E-state index contributed by atoms with van der Waals surface area (Å²) in [5, 5.41) is 40.4. The summed E-state index contributed by atoms with van der Waals surface area (Å²) in [7, 11) is 0. The number of carboxylic acid groups (broad SMARTS) is 4. The van der Waals surface area contributed by atoms with Crippen molar-refractivity contribution in [3.05, 3.63) is 0 Å². The van der Waals surface area contributed by atoms with Crippen molar-refractivity contribution < 1.29 is 44.7 Å². The number of nitrogens with two attached hydrogens (primary N) is 4. The van der Waals surface area contributed by atoms with Gasteiger partial charge in [-0.15, -0.1) is 0 Å². The van der Waals surface area contributed by atoms with Gasteiger partial charge in [-0.2, -0.15) is 11.8 Å². The molecule has 186 valence electrons. The van der Waals surface area contributed by atoms with Gasteiger partial charge in [0.05, 0.1) is 6.61 Å². The maximum atomic E-state index is 10.2. The first-order valence-electron chi connectivity index (χ1n) is 9.13. The smallest absolute Gasteiger partial charge is 0.322 e. The van der Waals surface area contributed by atoms with Crippen molar-refractivity contribution in [1.82, 2.24) is 0 Å². The van der Waals surface area contributed by atoms with E-state index in [-0.39, 0.29) is 5.92 Å². The van der Waals surface area contributed by atoms with E-state index >= 15 is 0 Å². The summed E-state index contributed by atoms with van der Waals surface area (Å²) in [4.78, 5) is 39.5. The normalized spacial score (nSPS) is 14.4. The first-order chi connectivity index (χ1) is 14.1. The Labute approximate surface area is 186 Å². The number of hydrogen-bond donors (Lipinski definition) is 9. The molecule has 0 aromatic carbocycles. The molecule has 0 aromatic rings. The Morgan fingerprint density at radius 1 is 0.806 bits per heavy atom. The van der Waals surface area contributed by atoms with E-state index < -0.39 is 54.7 Å². The molecular weight excluding hydrogens is 436 g/mol. The molecule has 13 N–H and O–H groups in total. The Balaban J connectivity index is -0.000000159. The van der Waals surface area contributed by atoms with Crippen LogP contribution in [-0.4, -0.2) is 92.2 Å². The zero-order valence-electron chi connectivity index (χ0n) is 18.3. The van der Waals surface area contributed by atoms with Crippen molar-refractivity contribution in [1.29, 1.82) is 0 Å². The Hall–Kier alpha value is -1.97. The number of aliphatic hydroxyl groups is 1. The average molecular weight is 475 g/mol. The molecule has 5 atom stereocenters. The SMILES string of the molecule is CC[C@H](C)[C@H](N)C(=O)O.CSCC[C@H](N)C(=O)O.C[C@H](N)C(=O)O.N[C@@H](CO)C(=O)O. The van der Waals surface area contributed by atoms with Gasteiger partial charge in [-0.25, -0.2) is 0 Å². The summed E-state index contributed by atoms with van der Waals surface area (Å²) < 4.78 is 0. The maximum Gasteiger partial charge on any atom is 0.322 e. The van der Waals surface area contributed by atoms with Crippen molar-refractivity contribution in [2.45, 2.75) is 57.8 Å².